The molecular weight excluding hydrogens is 234 g/mol. The summed E-state index contributed by atoms with van der Waals surface area (Å²) < 4.78 is 0. The molecule has 0 radical (unpaired) electrons. The Hall–Kier alpha value is -0.940. The molecule has 106 valence electrons. The van der Waals surface area contributed by atoms with Gasteiger partial charge in [-0.25, -0.2) is 0 Å². The maximum absolute atomic E-state index is 11.7. The summed E-state index contributed by atoms with van der Waals surface area (Å²) in [6.45, 7) is 10.8. The smallest absolute Gasteiger partial charge is 0.252 e. The zero-order valence-corrected chi connectivity index (χ0v) is 12.1. The first-order valence-corrected chi connectivity index (χ1v) is 6.04. The number of aliphatic hydroxyl groups is 2. The number of amides is 1. The highest BCUT2D eigenvalue weighted by atomic mass is 16.3. The van der Waals surface area contributed by atoms with E-state index in [0.717, 1.165) is 0 Å². The summed E-state index contributed by atoms with van der Waals surface area (Å²) in [5.74, 6) is -1.27. The molecule has 0 aromatic carbocycles. The van der Waals surface area contributed by atoms with E-state index in [1.54, 1.807) is 20.8 Å². The standard InChI is InChI=1S/C13H25NO4/c1-12(2,3)7-8(15)9(16)10(17)11(18)14-13(4,5)6/h9-10,16-17H,7H2,1-6H3,(H,14,18)/t9-,10+/m0/s1. The lowest BCUT2D eigenvalue weighted by molar-refractivity contribution is -0.146. The highest BCUT2D eigenvalue weighted by molar-refractivity contribution is 5.92. The normalized spacial score (nSPS) is 16.0. The van der Waals surface area contributed by atoms with Crippen molar-refractivity contribution >= 4 is 11.7 Å². The van der Waals surface area contributed by atoms with Gasteiger partial charge in [0.05, 0.1) is 0 Å². The first-order valence-electron chi connectivity index (χ1n) is 6.04. The Kier molecular flexibility index (Phi) is 5.50. The van der Waals surface area contributed by atoms with E-state index in [0.29, 0.717) is 0 Å². The van der Waals surface area contributed by atoms with Crippen molar-refractivity contribution in [1.82, 2.24) is 5.32 Å². The molecule has 0 aromatic heterocycles. The number of nitrogens with one attached hydrogen (secondary N) is 1. The average molecular weight is 259 g/mol. The highest BCUT2D eigenvalue weighted by Crippen LogP contribution is 2.20. The molecule has 0 heterocycles. The largest absolute Gasteiger partial charge is 0.382 e. The molecule has 0 aliphatic heterocycles. The molecule has 0 fully saturated rings. The van der Waals surface area contributed by atoms with Crippen molar-refractivity contribution in [2.24, 2.45) is 5.41 Å². The molecule has 0 saturated carbocycles. The quantitative estimate of drug-likeness (QED) is 0.691. The Morgan fingerprint density at radius 1 is 1.00 bits per heavy atom. The lowest BCUT2D eigenvalue weighted by Gasteiger charge is -2.25. The number of carbonyl (C=O) groups is 2. The van der Waals surface area contributed by atoms with Crippen LogP contribution in [0.3, 0.4) is 0 Å². The number of Topliss-reactive ketones (excluding diaryl/α,β-unsaturated/α-hetero) is 1. The van der Waals surface area contributed by atoms with Crippen molar-refractivity contribution in [2.45, 2.75) is 65.7 Å². The third-order valence-corrected chi connectivity index (χ3v) is 2.10. The molecule has 0 bridgehead atoms. The van der Waals surface area contributed by atoms with Crippen LogP contribution in [0.4, 0.5) is 0 Å². The van der Waals surface area contributed by atoms with Crippen LogP contribution in [0, 0.1) is 5.41 Å². The fourth-order valence-corrected chi connectivity index (χ4v) is 1.39. The van der Waals surface area contributed by atoms with Gasteiger partial charge in [-0.3, -0.25) is 9.59 Å². The molecular formula is C13H25NO4. The van der Waals surface area contributed by atoms with Crippen LogP contribution in [0.1, 0.15) is 48.0 Å². The fourth-order valence-electron chi connectivity index (χ4n) is 1.39. The summed E-state index contributed by atoms with van der Waals surface area (Å²) in [7, 11) is 0. The van der Waals surface area contributed by atoms with Crippen LogP contribution in [0.15, 0.2) is 0 Å². The summed E-state index contributed by atoms with van der Waals surface area (Å²) in [4.78, 5) is 23.3. The minimum Gasteiger partial charge on any atom is -0.382 e. The second-order valence-corrected chi connectivity index (χ2v) is 6.83. The second-order valence-electron chi connectivity index (χ2n) is 6.83. The van der Waals surface area contributed by atoms with E-state index < -0.39 is 29.4 Å². The molecule has 3 N–H and O–H groups in total. The molecule has 1 amide bonds. The van der Waals surface area contributed by atoms with Gasteiger partial charge in [0.2, 0.25) is 0 Å². The van der Waals surface area contributed by atoms with E-state index in [2.05, 4.69) is 5.32 Å². The van der Waals surface area contributed by atoms with E-state index >= 15 is 0 Å². The summed E-state index contributed by atoms with van der Waals surface area (Å²) in [5, 5.41) is 21.8. The lowest BCUT2D eigenvalue weighted by atomic mass is 9.87. The number of ketones is 1. The van der Waals surface area contributed by atoms with Crippen LogP contribution >= 0.6 is 0 Å². The zero-order valence-electron chi connectivity index (χ0n) is 12.1. The number of hydrogen-bond donors (Lipinski definition) is 3. The van der Waals surface area contributed by atoms with Crippen LogP contribution in [-0.4, -0.2) is 39.7 Å². The first-order chi connectivity index (χ1) is 7.83. The van der Waals surface area contributed by atoms with Crippen LogP contribution in [0.5, 0.6) is 0 Å². The number of hydrogen-bond acceptors (Lipinski definition) is 4. The van der Waals surface area contributed by atoms with Gasteiger partial charge in [0, 0.05) is 12.0 Å². The Morgan fingerprint density at radius 3 is 1.78 bits per heavy atom. The molecule has 5 heteroatoms. The molecule has 0 aromatic rings. The van der Waals surface area contributed by atoms with E-state index in [9.17, 15) is 19.8 Å². The predicted molar refractivity (Wildman–Crippen MR) is 69.0 cm³/mol. The van der Waals surface area contributed by atoms with Gasteiger partial charge in [-0.2, -0.15) is 0 Å². The average Bonchev–Trinajstić information content (AvgIpc) is 2.09. The predicted octanol–water partition coefficient (Wildman–Crippen LogP) is 0.628. The van der Waals surface area contributed by atoms with Crippen molar-refractivity contribution in [1.29, 1.82) is 0 Å². The van der Waals surface area contributed by atoms with Gasteiger partial charge in [0.1, 0.15) is 6.10 Å². The summed E-state index contributed by atoms with van der Waals surface area (Å²) in [6, 6.07) is 0. The summed E-state index contributed by atoms with van der Waals surface area (Å²) in [5.41, 5.74) is -0.816. The molecule has 5 nitrogen and oxygen atoms in total. The van der Waals surface area contributed by atoms with Crippen LogP contribution in [0.2, 0.25) is 0 Å². The van der Waals surface area contributed by atoms with Crippen molar-refractivity contribution < 1.29 is 19.8 Å². The molecule has 2 atom stereocenters. The molecule has 0 aliphatic carbocycles. The molecule has 0 saturated heterocycles. The van der Waals surface area contributed by atoms with Gasteiger partial charge in [-0.05, 0) is 26.2 Å². The minimum atomic E-state index is -1.72. The van der Waals surface area contributed by atoms with Gasteiger partial charge in [0.25, 0.3) is 5.91 Å². The molecule has 0 spiro atoms. The Morgan fingerprint density at radius 2 is 1.44 bits per heavy atom. The summed E-state index contributed by atoms with van der Waals surface area (Å²) in [6.07, 6.45) is -3.29. The van der Waals surface area contributed by atoms with E-state index in [1.807, 2.05) is 20.8 Å². The Labute approximate surface area is 109 Å². The first kappa shape index (κ1) is 17.1. The van der Waals surface area contributed by atoms with Gasteiger partial charge >= 0.3 is 0 Å². The second kappa shape index (κ2) is 5.80. The third-order valence-electron chi connectivity index (χ3n) is 2.10. The van der Waals surface area contributed by atoms with E-state index in [4.69, 9.17) is 0 Å². The third kappa shape index (κ3) is 6.71. The molecule has 0 rings (SSSR count). The van der Waals surface area contributed by atoms with E-state index in [-0.39, 0.29) is 11.8 Å². The van der Waals surface area contributed by atoms with Crippen molar-refractivity contribution in [3.05, 3.63) is 0 Å². The maximum Gasteiger partial charge on any atom is 0.252 e. The number of aliphatic hydroxyl groups excluding tert-OH is 2. The van der Waals surface area contributed by atoms with Gasteiger partial charge in [-0.1, -0.05) is 20.8 Å². The number of rotatable bonds is 4. The van der Waals surface area contributed by atoms with Crippen LogP contribution in [0.25, 0.3) is 0 Å². The molecule has 18 heavy (non-hydrogen) atoms. The Balaban J connectivity index is 4.55. The summed E-state index contributed by atoms with van der Waals surface area (Å²) >= 11 is 0. The zero-order chi connectivity index (χ0) is 14.7. The SMILES string of the molecule is CC(C)(C)CC(=O)[C@H](O)[C@@H](O)C(=O)NC(C)(C)C. The van der Waals surface area contributed by atoms with Gasteiger partial charge in [0.15, 0.2) is 11.9 Å². The van der Waals surface area contributed by atoms with Gasteiger partial charge in [-0.15, -0.1) is 0 Å². The van der Waals surface area contributed by atoms with Crippen molar-refractivity contribution in [3.63, 3.8) is 0 Å². The van der Waals surface area contributed by atoms with Crippen LogP contribution in [-0.2, 0) is 9.59 Å². The fraction of sp³-hybridized carbons (Fsp3) is 0.846. The minimum absolute atomic E-state index is 0.105. The lowest BCUT2D eigenvalue weighted by Crippen LogP contribution is -2.51. The van der Waals surface area contributed by atoms with E-state index in [1.165, 1.54) is 0 Å². The van der Waals surface area contributed by atoms with Crippen molar-refractivity contribution in [3.8, 4) is 0 Å². The topological polar surface area (TPSA) is 86.6 Å². The maximum atomic E-state index is 11.7. The van der Waals surface area contributed by atoms with Gasteiger partial charge < -0.3 is 15.5 Å². The number of carbonyl (C=O) groups excluding carboxylic acids is 2. The highest BCUT2D eigenvalue weighted by Gasteiger charge is 2.33. The molecule has 0 aliphatic rings. The van der Waals surface area contributed by atoms with Crippen molar-refractivity contribution in [2.75, 3.05) is 0 Å². The molecule has 0 unspecified atom stereocenters. The monoisotopic (exact) mass is 259 g/mol. The Bertz CT molecular complexity index is 280. The van der Waals surface area contributed by atoms with Crippen LogP contribution < -0.4 is 5.32 Å².